The van der Waals surface area contributed by atoms with Gasteiger partial charge in [-0.2, -0.15) is 8.61 Å². The maximum atomic E-state index is 12.3. The quantitative estimate of drug-likeness (QED) is 0.780. The van der Waals surface area contributed by atoms with E-state index in [1.165, 1.54) is 14.7 Å². The molecule has 1 aliphatic rings. The van der Waals surface area contributed by atoms with Crippen molar-refractivity contribution in [3.8, 4) is 0 Å². The lowest BCUT2D eigenvalue weighted by molar-refractivity contribution is 0.275. The molecule has 0 amide bonds. The smallest absolute Gasteiger partial charge is 0.212 e. The van der Waals surface area contributed by atoms with E-state index in [-0.39, 0.29) is 31.9 Å². The summed E-state index contributed by atoms with van der Waals surface area (Å²) in [7, 11) is -6.84. The number of sulfonamides is 2. The fraction of sp³-hybridized carbons (Fsp3) is 0.429. The number of benzene rings is 1. The van der Waals surface area contributed by atoms with Gasteiger partial charge in [-0.15, -0.1) is 0 Å². The van der Waals surface area contributed by atoms with E-state index < -0.39 is 20.0 Å². The molecule has 1 fully saturated rings. The molecule has 0 radical (unpaired) electrons. The summed E-state index contributed by atoms with van der Waals surface area (Å²) in [5.41, 5.74) is 0.727. The number of halogens is 1. The van der Waals surface area contributed by atoms with Gasteiger partial charge in [-0.05, 0) is 30.7 Å². The Bertz CT molecular complexity index is 766. The highest BCUT2D eigenvalue weighted by Crippen LogP contribution is 2.15. The summed E-state index contributed by atoms with van der Waals surface area (Å²) in [4.78, 5) is 0. The topological polar surface area (TPSA) is 74.8 Å². The van der Waals surface area contributed by atoms with Crippen LogP contribution >= 0.6 is 11.6 Å². The van der Waals surface area contributed by atoms with Crippen molar-refractivity contribution in [3.63, 3.8) is 0 Å². The summed E-state index contributed by atoms with van der Waals surface area (Å²) in [6, 6.07) is 6.81. The number of hydrogen-bond acceptors (Lipinski definition) is 4. The summed E-state index contributed by atoms with van der Waals surface area (Å²) in [6.45, 7) is 2.26. The second-order valence-electron chi connectivity index (χ2n) is 5.10. The zero-order valence-electron chi connectivity index (χ0n) is 12.7. The van der Waals surface area contributed by atoms with E-state index in [9.17, 15) is 16.8 Å². The lowest BCUT2D eigenvalue weighted by atomic mass is 10.2. The molecule has 6 nitrogen and oxygen atoms in total. The SMILES string of the molecule is CCS(=O)(=O)N1CCN(S(=O)(=O)/C=C/c2ccc(Cl)cc2)CC1. The molecule has 0 atom stereocenters. The van der Waals surface area contributed by atoms with Crippen LogP contribution in [0.2, 0.25) is 5.02 Å². The lowest BCUT2D eigenvalue weighted by Crippen LogP contribution is -2.50. The van der Waals surface area contributed by atoms with E-state index >= 15 is 0 Å². The first-order chi connectivity index (χ1) is 10.7. The normalized spacial score (nSPS) is 18.5. The molecule has 0 saturated carbocycles. The molecule has 0 N–H and O–H groups in total. The largest absolute Gasteiger partial charge is 0.236 e. The molecule has 9 heteroatoms. The minimum Gasteiger partial charge on any atom is -0.212 e. The van der Waals surface area contributed by atoms with E-state index in [4.69, 9.17) is 11.6 Å². The van der Waals surface area contributed by atoms with Crippen LogP contribution in [0.15, 0.2) is 29.7 Å². The van der Waals surface area contributed by atoms with Gasteiger partial charge < -0.3 is 0 Å². The Morgan fingerprint density at radius 3 is 2.04 bits per heavy atom. The Morgan fingerprint density at radius 1 is 1.00 bits per heavy atom. The fourth-order valence-electron chi connectivity index (χ4n) is 2.21. The molecule has 1 aromatic rings. The first-order valence-electron chi connectivity index (χ1n) is 7.16. The monoisotopic (exact) mass is 378 g/mol. The molecule has 0 bridgehead atoms. The minimum atomic E-state index is -3.57. The molecule has 23 heavy (non-hydrogen) atoms. The second-order valence-corrected chi connectivity index (χ2v) is 9.61. The summed E-state index contributed by atoms with van der Waals surface area (Å²) < 4.78 is 50.8. The number of rotatable bonds is 5. The second kappa shape index (κ2) is 7.31. The molecule has 0 aromatic heterocycles. The predicted molar refractivity (Wildman–Crippen MR) is 92.0 cm³/mol. The lowest BCUT2D eigenvalue weighted by Gasteiger charge is -2.32. The van der Waals surface area contributed by atoms with Gasteiger partial charge in [0.25, 0.3) is 0 Å². The molecule has 128 valence electrons. The van der Waals surface area contributed by atoms with Gasteiger partial charge >= 0.3 is 0 Å². The third-order valence-corrected chi connectivity index (χ3v) is 7.32. The maximum absolute atomic E-state index is 12.3. The van der Waals surface area contributed by atoms with Crippen molar-refractivity contribution in [1.29, 1.82) is 0 Å². The first-order valence-corrected chi connectivity index (χ1v) is 10.7. The van der Waals surface area contributed by atoms with Crippen molar-refractivity contribution in [2.45, 2.75) is 6.92 Å². The molecule has 0 unspecified atom stereocenters. The van der Waals surface area contributed by atoms with E-state index in [1.807, 2.05) is 0 Å². The van der Waals surface area contributed by atoms with Crippen molar-refractivity contribution < 1.29 is 16.8 Å². The van der Waals surface area contributed by atoms with Gasteiger partial charge in [-0.3, -0.25) is 0 Å². The van der Waals surface area contributed by atoms with Crippen molar-refractivity contribution in [2.24, 2.45) is 0 Å². The third-order valence-electron chi connectivity index (χ3n) is 3.62. The van der Waals surface area contributed by atoms with Crippen LogP contribution in [0.3, 0.4) is 0 Å². The van der Waals surface area contributed by atoms with Gasteiger partial charge in [0.05, 0.1) is 5.75 Å². The van der Waals surface area contributed by atoms with Gasteiger partial charge in [0, 0.05) is 36.6 Å². The minimum absolute atomic E-state index is 0.0240. The molecule has 1 saturated heterocycles. The molecule has 2 rings (SSSR count). The Labute approximate surface area is 142 Å². The van der Waals surface area contributed by atoms with Crippen LogP contribution in [0.1, 0.15) is 12.5 Å². The van der Waals surface area contributed by atoms with Gasteiger partial charge in [-0.1, -0.05) is 23.7 Å². The molecule has 1 heterocycles. The van der Waals surface area contributed by atoms with Gasteiger partial charge in [0.2, 0.25) is 20.0 Å². The number of nitrogens with zero attached hydrogens (tertiary/aromatic N) is 2. The Hall–Kier alpha value is -0.930. The summed E-state index contributed by atoms with van der Waals surface area (Å²) in [6.07, 6.45) is 1.50. The average Bonchev–Trinajstić information content (AvgIpc) is 2.54. The van der Waals surface area contributed by atoms with Crippen LogP contribution in [0.4, 0.5) is 0 Å². The molecule has 1 aromatic carbocycles. The van der Waals surface area contributed by atoms with E-state index in [1.54, 1.807) is 31.2 Å². The summed E-state index contributed by atoms with van der Waals surface area (Å²) in [5, 5.41) is 1.72. The van der Waals surface area contributed by atoms with Crippen molar-refractivity contribution >= 4 is 37.7 Å². The zero-order chi connectivity index (χ0) is 17.1. The van der Waals surface area contributed by atoms with E-state index in [2.05, 4.69) is 0 Å². The van der Waals surface area contributed by atoms with Gasteiger partial charge in [0.1, 0.15) is 0 Å². The average molecular weight is 379 g/mol. The standard InChI is InChI=1S/C14H19ClN2O4S2/c1-2-22(18,19)16-8-10-17(11-9-16)23(20,21)12-7-13-3-5-14(15)6-4-13/h3-7,12H,2,8-11H2,1H3/b12-7+. The molecule has 1 aliphatic heterocycles. The van der Waals surface area contributed by atoms with Crippen LogP contribution in [0, 0.1) is 0 Å². The number of piperazine rings is 1. The maximum Gasteiger partial charge on any atom is 0.236 e. The molecule has 0 aliphatic carbocycles. The highest BCUT2D eigenvalue weighted by Gasteiger charge is 2.29. The van der Waals surface area contributed by atoms with Crippen LogP contribution in [0.5, 0.6) is 0 Å². The van der Waals surface area contributed by atoms with Crippen molar-refractivity contribution in [3.05, 3.63) is 40.3 Å². The zero-order valence-corrected chi connectivity index (χ0v) is 15.1. The van der Waals surface area contributed by atoms with Crippen LogP contribution in [-0.4, -0.2) is 57.4 Å². The molecular formula is C14H19ClN2O4S2. The van der Waals surface area contributed by atoms with Crippen LogP contribution in [0.25, 0.3) is 6.08 Å². The summed E-state index contributed by atoms with van der Waals surface area (Å²) in [5.74, 6) is 0.0240. The third kappa shape index (κ3) is 4.77. The predicted octanol–water partition coefficient (Wildman–Crippen LogP) is 1.61. The Balaban J connectivity index is 2.03. The molecule has 0 spiro atoms. The molecular weight excluding hydrogens is 360 g/mol. The van der Waals surface area contributed by atoms with Crippen LogP contribution in [-0.2, 0) is 20.0 Å². The van der Waals surface area contributed by atoms with Gasteiger partial charge in [0.15, 0.2) is 0 Å². The fourth-order valence-corrected chi connectivity index (χ4v) is 4.59. The van der Waals surface area contributed by atoms with Gasteiger partial charge in [-0.25, -0.2) is 16.8 Å². The Morgan fingerprint density at radius 2 is 1.52 bits per heavy atom. The van der Waals surface area contributed by atoms with Crippen molar-refractivity contribution in [1.82, 2.24) is 8.61 Å². The van der Waals surface area contributed by atoms with Crippen LogP contribution < -0.4 is 0 Å². The highest BCUT2D eigenvalue weighted by molar-refractivity contribution is 7.92. The van der Waals surface area contributed by atoms with Crippen molar-refractivity contribution in [2.75, 3.05) is 31.9 Å². The number of hydrogen-bond donors (Lipinski definition) is 0. The van der Waals surface area contributed by atoms with E-state index in [0.717, 1.165) is 11.0 Å². The Kier molecular flexibility index (Phi) is 5.85. The highest BCUT2D eigenvalue weighted by atomic mass is 35.5. The summed E-state index contributed by atoms with van der Waals surface area (Å²) >= 11 is 5.78. The first kappa shape index (κ1) is 18.4. The van der Waals surface area contributed by atoms with E-state index in [0.29, 0.717) is 5.02 Å².